The molecular weight excluding hydrogens is 423 g/mol. The fraction of sp³-hybridized carbons (Fsp3) is 0.0741. The van der Waals surface area contributed by atoms with Crippen LogP contribution in [0.3, 0.4) is 0 Å². The van der Waals surface area contributed by atoms with Gasteiger partial charge in [0.1, 0.15) is 35.1 Å². The van der Waals surface area contributed by atoms with E-state index in [0.717, 1.165) is 0 Å². The minimum absolute atomic E-state index is 0. The molecule has 4 aromatic rings. The number of para-hydroxylation sites is 1. The summed E-state index contributed by atoms with van der Waals surface area (Å²) in [4.78, 5) is 13.3. The number of hydrogen-bond acceptors (Lipinski definition) is 2. The van der Waals surface area contributed by atoms with Gasteiger partial charge in [-0.3, -0.25) is 4.79 Å². The fourth-order valence-electron chi connectivity index (χ4n) is 3.76. The van der Waals surface area contributed by atoms with Gasteiger partial charge in [-0.15, -0.1) is 0 Å². The number of benzene rings is 4. The summed E-state index contributed by atoms with van der Waals surface area (Å²) in [5, 5.41) is 3.61. The van der Waals surface area contributed by atoms with E-state index in [-0.39, 0.29) is 24.8 Å². The highest BCUT2D eigenvalue weighted by Gasteiger charge is 2.47. The molecule has 0 atom stereocenters. The van der Waals surface area contributed by atoms with Crippen LogP contribution in [0.4, 0.5) is 0 Å². The molecule has 0 aliphatic heterocycles. The quantitative estimate of drug-likeness (QED) is 0.385. The lowest BCUT2D eigenvalue weighted by Crippen LogP contribution is -3.00. The minimum atomic E-state index is -2.16. The largest absolute Gasteiger partial charge is 1.00 e. The number of rotatable bonds is 8. The Kier molecular flexibility index (Phi) is 8.00. The topological polar surface area (TPSA) is 26.3 Å². The molecule has 0 fully saturated rings. The van der Waals surface area contributed by atoms with Crippen LogP contribution in [0.2, 0.25) is 0 Å². The molecule has 0 saturated carbocycles. The van der Waals surface area contributed by atoms with E-state index < -0.39 is 7.26 Å². The third-order valence-electron chi connectivity index (χ3n) is 5.15. The zero-order valence-electron chi connectivity index (χ0n) is 17.1. The molecule has 0 amide bonds. The van der Waals surface area contributed by atoms with Crippen molar-refractivity contribution in [2.24, 2.45) is 0 Å². The molecule has 2 nitrogen and oxygen atoms in total. The summed E-state index contributed by atoms with van der Waals surface area (Å²) in [5.74, 6) is 0.817. The standard InChI is InChI=1S/C27H24O2P.ClH/c28-23(21-29-24-13-5-1-6-14-24)22-30(25-15-7-2-8-16-25,26-17-9-3-10-18-26)27-19-11-4-12-20-27;/h1-20H,21-22H2;1H/q+1;/p-1. The van der Waals surface area contributed by atoms with Gasteiger partial charge in [-0.25, -0.2) is 0 Å². The maximum atomic E-state index is 13.3. The lowest BCUT2D eigenvalue weighted by Gasteiger charge is -2.27. The van der Waals surface area contributed by atoms with Gasteiger partial charge in [-0.2, -0.15) is 0 Å². The zero-order valence-corrected chi connectivity index (χ0v) is 18.8. The predicted octanol–water partition coefficient (Wildman–Crippen LogP) is 1.63. The highest BCUT2D eigenvalue weighted by molar-refractivity contribution is 7.96. The normalized spacial score (nSPS) is 10.7. The summed E-state index contributed by atoms with van der Waals surface area (Å²) in [6, 6.07) is 40.8. The van der Waals surface area contributed by atoms with Gasteiger partial charge >= 0.3 is 0 Å². The molecule has 0 spiro atoms. The first-order chi connectivity index (χ1) is 14.8. The number of carbonyl (C=O) groups excluding carboxylic acids is 1. The summed E-state index contributed by atoms with van der Waals surface area (Å²) in [7, 11) is -2.16. The lowest BCUT2D eigenvalue weighted by atomic mass is 10.3. The third-order valence-corrected chi connectivity index (χ3v) is 9.51. The van der Waals surface area contributed by atoms with Gasteiger partial charge in [0, 0.05) is 0 Å². The molecule has 0 bridgehead atoms. The van der Waals surface area contributed by atoms with Gasteiger partial charge in [-0.05, 0) is 48.5 Å². The van der Waals surface area contributed by atoms with E-state index in [2.05, 4.69) is 72.8 Å². The average molecular weight is 447 g/mol. The second-order valence-corrected chi connectivity index (χ2v) is 10.6. The molecule has 156 valence electrons. The highest BCUT2D eigenvalue weighted by atomic mass is 35.5. The van der Waals surface area contributed by atoms with Crippen molar-refractivity contribution in [3.05, 3.63) is 121 Å². The fourth-order valence-corrected chi connectivity index (χ4v) is 7.86. The van der Waals surface area contributed by atoms with Crippen LogP contribution in [0, 0.1) is 0 Å². The Morgan fingerprint density at radius 2 is 0.935 bits per heavy atom. The second kappa shape index (κ2) is 10.9. The van der Waals surface area contributed by atoms with E-state index in [9.17, 15) is 4.79 Å². The SMILES string of the molecule is O=C(COc1ccccc1)C[P+](c1ccccc1)(c1ccccc1)c1ccccc1.[Cl-]. The third kappa shape index (κ3) is 5.22. The summed E-state index contributed by atoms with van der Waals surface area (Å²) >= 11 is 0. The van der Waals surface area contributed by atoms with Crippen LogP contribution in [0.5, 0.6) is 5.75 Å². The molecule has 0 unspecified atom stereocenters. The number of carbonyl (C=O) groups is 1. The maximum absolute atomic E-state index is 13.3. The van der Waals surface area contributed by atoms with Crippen molar-refractivity contribution in [2.75, 3.05) is 12.8 Å². The van der Waals surface area contributed by atoms with Gasteiger partial charge in [0.15, 0.2) is 6.61 Å². The number of hydrogen-bond donors (Lipinski definition) is 0. The molecule has 31 heavy (non-hydrogen) atoms. The van der Waals surface area contributed by atoms with E-state index >= 15 is 0 Å². The van der Waals surface area contributed by atoms with Gasteiger partial charge in [-0.1, -0.05) is 72.8 Å². The molecule has 0 aliphatic carbocycles. The van der Waals surface area contributed by atoms with Gasteiger partial charge in [0.25, 0.3) is 0 Å². The number of halogens is 1. The van der Waals surface area contributed by atoms with Gasteiger partial charge in [0.05, 0.1) is 0 Å². The second-order valence-electron chi connectivity index (χ2n) is 7.11. The molecule has 0 aromatic heterocycles. The molecule has 0 saturated heterocycles. The summed E-state index contributed by atoms with van der Waals surface area (Å²) < 4.78 is 5.79. The van der Waals surface area contributed by atoms with E-state index in [1.54, 1.807) is 0 Å². The minimum Gasteiger partial charge on any atom is -1.00 e. The molecule has 4 heteroatoms. The van der Waals surface area contributed by atoms with E-state index in [4.69, 9.17) is 4.74 Å². The van der Waals surface area contributed by atoms with Crippen molar-refractivity contribution in [3.63, 3.8) is 0 Å². The monoisotopic (exact) mass is 446 g/mol. The Morgan fingerprint density at radius 1 is 0.581 bits per heavy atom. The van der Waals surface area contributed by atoms with E-state index in [1.165, 1.54) is 15.9 Å². The Labute approximate surface area is 190 Å². The van der Waals surface area contributed by atoms with Crippen molar-refractivity contribution in [2.45, 2.75) is 0 Å². The summed E-state index contributed by atoms with van der Waals surface area (Å²) in [5.41, 5.74) is 0. The molecule has 0 aliphatic rings. The first-order valence-electron chi connectivity index (χ1n) is 10.0. The van der Waals surface area contributed by atoms with Gasteiger partial charge < -0.3 is 17.1 Å². The van der Waals surface area contributed by atoms with Crippen LogP contribution >= 0.6 is 7.26 Å². The molecule has 0 heterocycles. The van der Waals surface area contributed by atoms with Crippen molar-refractivity contribution in [3.8, 4) is 5.75 Å². The van der Waals surface area contributed by atoms with Crippen LogP contribution in [0.1, 0.15) is 0 Å². The van der Waals surface area contributed by atoms with Crippen LogP contribution < -0.4 is 33.1 Å². The highest BCUT2D eigenvalue weighted by Crippen LogP contribution is 2.55. The lowest BCUT2D eigenvalue weighted by molar-refractivity contribution is -0.118. The molecule has 4 aromatic carbocycles. The molecule has 4 rings (SSSR count). The first kappa shape index (κ1) is 22.7. The average Bonchev–Trinajstić information content (AvgIpc) is 2.83. The van der Waals surface area contributed by atoms with Crippen LogP contribution in [-0.4, -0.2) is 18.6 Å². The van der Waals surface area contributed by atoms with Crippen LogP contribution in [0.15, 0.2) is 121 Å². The number of ketones is 1. The Bertz CT molecular complexity index is 975. The summed E-state index contributed by atoms with van der Waals surface area (Å²) in [6.45, 7) is 0.0677. The number of Topliss-reactive ketones (excluding diaryl/α,β-unsaturated/α-hetero) is 1. The zero-order chi connectivity index (χ0) is 20.7. The Hall–Kier alpha value is -2.93. The Morgan fingerprint density at radius 3 is 1.32 bits per heavy atom. The van der Waals surface area contributed by atoms with Crippen LogP contribution in [-0.2, 0) is 4.79 Å². The number of ether oxygens (including phenoxy) is 1. The van der Waals surface area contributed by atoms with Crippen molar-refractivity contribution < 1.29 is 21.9 Å². The van der Waals surface area contributed by atoms with E-state index in [1.807, 2.05) is 48.5 Å². The summed E-state index contributed by atoms with van der Waals surface area (Å²) in [6.07, 6.45) is 0.428. The molecule has 0 N–H and O–H groups in total. The molecule has 0 radical (unpaired) electrons. The van der Waals surface area contributed by atoms with Crippen molar-refractivity contribution in [1.29, 1.82) is 0 Å². The molecular formula is C27H24ClO2P. The Balaban J connectivity index is 0.00000272. The van der Waals surface area contributed by atoms with Crippen molar-refractivity contribution >= 4 is 29.0 Å². The van der Waals surface area contributed by atoms with Crippen LogP contribution in [0.25, 0.3) is 0 Å². The smallest absolute Gasteiger partial charge is 0.208 e. The first-order valence-corrected chi connectivity index (χ1v) is 12.0. The predicted molar refractivity (Wildman–Crippen MR) is 127 cm³/mol. The van der Waals surface area contributed by atoms with E-state index in [0.29, 0.717) is 11.9 Å². The van der Waals surface area contributed by atoms with Crippen molar-refractivity contribution in [1.82, 2.24) is 0 Å². The maximum Gasteiger partial charge on any atom is 0.208 e. The van der Waals surface area contributed by atoms with Gasteiger partial charge in [0.2, 0.25) is 5.78 Å².